The first-order chi connectivity index (χ1) is 9.24. The largest absolute Gasteiger partial charge is 0.383 e. The van der Waals surface area contributed by atoms with E-state index in [2.05, 4.69) is 17.1 Å². The molecule has 106 valence electrons. The molecule has 1 aromatic rings. The lowest BCUT2D eigenvalue weighted by atomic mass is 10.1. The lowest BCUT2D eigenvalue weighted by Crippen LogP contribution is -2.43. The molecule has 3 nitrogen and oxygen atoms in total. The number of nitrogens with one attached hydrogen (secondary N) is 1. The minimum Gasteiger partial charge on any atom is -0.383 e. The number of fused-ring (bicyclic) bond motifs is 1. The van der Waals surface area contributed by atoms with Gasteiger partial charge in [0, 0.05) is 31.9 Å². The molecule has 0 bridgehead atoms. The minimum atomic E-state index is -0.157. The zero-order valence-electron chi connectivity index (χ0n) is 11.8. The number of hydrogen-bond donors (Lipinski definition) is 1. The van der Waals surface area contributed by atoms with E-state index >= 15 is 0 Å². The molecule has 0 spiro atoms. The Labute approximate surface area is 114 Å². The van der Waals surface area contributed by atoms with E-state index in [0.717, 1.165) is 38.2 Å². The predicted molar refractivity (Wildman–Crippen MR) is 76.3 cm³/mol. The van der Waals surface area contributed by atoms with Crippen LogP contribution in [0.2, 0.25) is 0 Å². The number of hydrogen-bond acceptors (Lipinski definition) is 3. The number of benzene rings is 1. The van der Waals surface area contributed by atoms with Crippen LogP contribution in [0, 0.1) is 5.82 Å². The molecule has 1 aliphatic rings. The summed E-state index contributed by atoms with van der Waals surface area (Å²) >= 11 is 0. The van der Waals surface area contributed by atoms with Crippen LogP contribution in [0.15, 0.2) is 18.2 Å². The zero-order chi connectivity index (χ0) is 13.7. The van der Waals surface area contributed by atoms with Crippen LogP contribution < -0.4 is 10.2 Å². The predicted octanol–water partition coefficient (Wildman–Crippen LogP) is 2.20. The van der Waals surface area contributed by atoms with Crippen molar-refractivity contribution in [2.45, 2.75) is 25.8 Å². The monoisotopic (exact) mass is 266 g/mol. The Balaban J connectivity index is 2.01. The fourth-order valence-electron chi connectivity index (χ4n) is 2.60. The highest BCUT2D eigenvalue weighted by Gasteiger charge is 2.22. The van der Waals surface area contributed by atoms with Gasteiger partial charge in [-0.25, -0.2) is 4.39 Å². The summed E-state index contributed by atoms with van der Waals surface area (Å²) in [6.45, 7) is 5.65. The van der Waals surface area contributed by atoms with Crippen molar-refractivity contribution in [1.29, 1.82) is 0 Å². The second kappa shape index (κ2) is 6.87. The summed E-state index contributed by atoms with van der Waals surface area (Å²) in [4.78, 5) is 2.25. The van der Waals surface area contributed by atoms with Crippen LogP contribution in [-0.2, 0) is 11.2 Å². The molecule has 1 N–H and O–H groups in total. The van der Waals surface area contributed by atoms with Gasteiger partial charge in [0.25, 0.3) is 0 Å². The maximum atomic E-state index is 13.4. The first kappa shape index (κ1) is 14.3. The Bertz CT molecular complexity index is 411. The van der Waals surface area contributed by atoms with Crippen molar-refractivity contribution in [3.8, 4) is 0 Å². The number of rotatable bonds is 7. The Morgan fingerprint density at radius 2 is 2.32 bits per heavy atom. The SMILES string of the molecule is CCCNC(COC)CN1CCc2ccc(F)cc21. The van der Waals surface area contributed by atoms with Crippen molar-refractivity contribution in [1.82, 2.24) is 5.32 Å². The van der Waals surface area contributed by atoms with Crippen LogP contribution in [0.5, 0.6) is 0 Å². The van der Waals surface area contributed by atoms with Crippen LogP contribution in [-0.4, -0.2) is 39.4 Å². The smallest absolute Gasteiger partial charge is 0.125 e. The maximum Gasteiger partial charge on any atom is 0.125 e. The van der Waals surface area contributed by atoms with Crippen molar-refractivity contribution in [3.63, 3.8) is 0 Å². The first-order valence-corrected chi connectivity index (χ1v) is 7.00. The van der Waals surface area contributed by atoms with Crippen molar-refractivity contribution in [2.75, 3.05) is 38.3 Å². The van der Waals surface area contributed by atoms with Crippen LogP contribution >= 0.6 is 0 Å². The summed E-state index contributed by atoms with van der Waals surface area (Å²) in [5, 5.41) is 3.48. The van der Waals surface area contributed by atoms with Crippen LogP contribution in [0.1, 0.15) is 18.9 Å². The van der Waals surface area contributed by atoms with Crippen LogP contribution in [0.4, 0.5) is 10.1 Å². The summed E-state index contributed by atoms with van der Waals surface area (Å²) in [5.74, 6) is -0.157. The molecule has 1 atom stereocenters. The van der Waals surface area contributed by atoms with E-state index in [4.69, 9.17) is 4.74 Å². The number of ether oxygens (including phenoxy) is 1. The van der Waals surface area contributed by atoms with Gasteiger partial charge in [-0.15, -0.1) is 0 Å². The molecule has 1 aromatic carbocycles. The fraction of sp³-hybridized carbons (Fsp3) is 0.600. The van der Waals surface area contributed by atoms with Crippen molar-refractivity contribution >= 4 is 5.69 Å². The molecule has 0 aromatic heterocycles. The zero-order valence-corrected chi connectivity index (χ0v) is 11.8. The third-order valence-electron chi connectivity index (χ3n) is 3.53. The van der Waals surface area contributed by atoms with Gasteiger partial charge < -0.3 is 15.0 Å². The van der Waals surface area contributed by atoms with Crippen molar-refractivity contribution in [2.24, 2.45) is 0 Å². The van der Waals surface area contributed by atoms with E-state index in [9.17, 15) is 4.39 Å². The molecule has 1 unspecified atom stereocenters. The minimum absolute atomic E-state index is 0.157. The lowest BCUT2D eigenvalue weighted by Gasteiger charge is -2.26. The summed E-state index contributed by atoms with van der Waals surface area (Å²) in [5.41, 5.74) is 2.28. The third-order valence-corrected chi connectivity index (χ3v) is 3.53. The molecule has 0 radical (unpaired) electrons. The van der Waals surface area contributed by atoms with Crippen LogP contribution in [0.25, 0.3) is 0 Å². The Morgan fingerprint density at radius 1 is 1.47 bits per heavy atom. The Kier molecular flexibility index (Phi) is 5.16. The van der Waals surface area contributed by atoms with E-state index in [-0.39, 0.29) is 5.82 Å². The van der Waals surface area contributed by atoms with E-state index in [1.165, 1.54) is 5.56 Å². The molecule has 4 heteroatoms. The standard InChI is InChI=1S/C15H23FN2O/c1-3-7-17-14(11-19-2)10-18-8-6-12-4-5-13(16)9-15(12)18/h4-5,9,14,17H,3,6-8,10-11H2,1-2H3. The highest BCUT2D eigenvalue weighted by molar-refractivity contribution is 5.58. The van der Waals surface area contributed by atoms with Gasteiger partial charge in [-0.05, 0) is 37.1 Å². The second-order valence-electron chi connectivity index (χ2n) is 5.08. The average Bonchev–Trinajstić information content (AvgIpc) is 2.79. The van der Waals surface area contributed by atoms with Gasteiger partial charge in [0.2, 0.25) is 0 Å². The van der Waals surface area contributed by atoms with Gasteiger partial charge in [-0.3, -0.25) is 0 Å². The molecule has 1 heterocycles. The number of anilines is 1. The highest BCUT2D eigenvalue weighted by Crippen LogP contribution is 2.28. The number of methoxy groups -OCH3 is 1. The average molecular weight is 266 g/mol. The van der Waals surface area contributed by atoms with Gasteiger partial charge in [-0.1, -0.05) is 13.0 Å². The van der Waals surface area contributed by atoms with Crippen molar-refractivity contribution in [3.05, 3.63) is 29.6 Å². The van der Waals surface area contributed by atoms with E-state index < -0.39 is 0 Å². The molecule has 0 aliphatic carbocycles. The van der Waals surface area contributed by atoms with E-state index in [1.807, 2.05) is 6.07 Å². The topological polar surface area (TPSA) is 24.5 Å². The lowest BCUT2D eigenvalue weighted by molar-refractivity contribution is 0.168. The van der Waals surface area contributed by atoms with Crippen molar-refractivity contribution < 1.29 is 9.13 Å². The molecule has 19 heavy (non-hydrogen) atoms. The molecule has 0 amide bonds. The number of nitrogens with zero attached hydrogens (tertiary/aromatic N) is 1. The molecule has 1 aliphatic heterocycles. The van der Waals surface area contributed by atoms with Gasteiger partial charge in [0.05, 0.1) is 6.61 Å². The normalized spacial score (nSPS) is 15.6. The van der Waals surface area contributed by atoms with E-state index in [1.54, 1.807) is 19.2 Å². The van der Waals surface area contributed by atoms with Gasteiger partial charge in [0.15, 0.2) is 0 Å². The van der Waals surface area contributed by atoms with Gasteiger partial charge in [-0.2, -0.15) is 0 Å². The Hall–Kier alpha value is -1.13. The molecule has 2 rings (SSSR count). The Morgan fingerprint density at radius 3 is 3.05 bits per heavy atom. The maximum absolute atomic E-state index is 13.4. The van der Waals surface area contributed by atoms with Gasteiger partial charge in [0.1, 0.15) is 5.82 Å². The summed E-state index contributed by atoms with van der Waals surface area (Å²) in [6, 6.07) is 5.38. The second-order valence-corrected chi connectivity index (χ2v) is 5.08. The van der Waals surface area contributed by atoms with Gasteiger partial charge >= 0.3 is 0 Å². The van der Waals surface area contributed by atoms with E-state index in [0.29, 0.717) is 12.6 Å². The summed E-state index contributed by atoms with van der Waals surface area (Å²) < 4.78 is 18.6. The highest BCUT2D eigenvalue weighted by atomic mass is 19.1. The third kappa shape index (κ3) is 3.67. The first-order valence-electron chi connectivity index (χ1n) is 7.00. The molecular weight excluding hydrogens is 243 g/mol. The fourth-order valence-corrected chi connectivity index (χ4v) is 2.60. The molecule has 0 saturated heterocycles. The molecule has 0 saturated carbocycles. The summed E-state index contributed by atoms with van der Waals surface area (Å²) in [7, 11) is 1.72. The molecular formula is C15H23FN2O. The quantitative estimate of drug-likeness (QED) is 0.819. The van der Waals surface area contributed by atoms with Crippen LogP contribution in [0.3, 0.4) is 0 Å². The summed E-state index contributed by atoms with van der Waals surface area (Å²) in [6.07, 6.45) is 2.11. The molecule has 0 fully saturated rings. The number of halogens is 1.